The van der Waals surface area contributed by atoms with E-state index >= 15 is 0 Å². The summed E-state index contributed by atoms with van der Waals surface area (Å²) in [7, 11) is 2.30. The molecule has 0 radical (unpaired) electrons. The molecule has 0 heterocycles. The van der Waals surface area contributed by atoms with E-state index in [4.69, 9.17) is 5.73 Å². The lowest BCUT2D eigenvalue weighted by molar-refractivity contribution is -0.904. The Kier molecular flexibility index (Phi) is 4.62. The van der Waals surface area contributed by atoms with Crippen LogP contribution in [0.5, 0.6) is 0 Å². The highest BCUT2D eigenvalue weighted by atomic mass is 15.3. The molecule has 1 rings (SSSR count). The minimum Gasteiger partial charge on any atom is -0.399 e. The molecule has 0 atom stereocenters. The molecule has 0 fully saturated rings. The first kappa shape index (κ1) is 12.8. The van der Waals surface area contributed by atoms with Gasteiger partial charge in [-0.2, -0.15) is 0 Å². The number of nitrogens with zero attached hydrogens (tertiary/aromatic N) is 1. The summed E-state index contributed by atoms with van der Waals surface area (Å²) in [4.78, 5) is 0. The van der Waals surface area contributed by atoms with Crippen LogP contribution in [-0.4, -0.2) is 37.7 Å². The van der Waals surface area contributed by atoms with Crippen molar-refractivity contribution in [3.8, 4) is 0 Å². The lowest BCUT2D eigenvalue weighted by atomic mass is 10.3. The van der Waals surface area contributed by atoms with Gasteiger partial charge in [0, 0.05) is 11.4 Å². The van der Waals surface area contributed by atoms with Gasteiger partial charge < -0.3 is 15.5 Å². The van der Waals surface area contributed by atoms with Gasteiger partial charge in [0.15, 0.2) is 0 Å². The second kappa shape index (κ2) is 5.75. The van der Waals surface area contributed by atoms with Crippen molar-refractivity contribution in [2.24, 2.45) is 0 Å². The summed E-state index contributed by atoms with van der Waals surface area (Å²) in [5.41, 5.74) is 7.60. The van der Waals surface area contributed by atoms with E-state index in [1.54, 1.807) is 0 Å². The van der Waals surface area contributed by atoms with Crippen LogP contribution in [0.4, 0.5) is 11.4 Å². The molecule has 0 bridgehead atoms. The van der Waals surface area contributed by atoms with Crippen LogP contribution >= 0.6 is 0 Å². The van der Waals surface area contributed by atoms with Crippen LogP contribution in [0, 0.1) is 0 Å². The zero-order valence-electron chi connectivity index (χ0n) is 10.7. The van der Waals surface area contributed by atoms with Gasteiger partial charge in [-0.05, 0) is 38.1 Å². The first-order valence-corrected chi connectivity index (χ1v) is 6.02. The summed E-state index contributed by atoms with van der Waals surface area (Å²) in [5, 5.41) is 3.42. The SMILES string of the molecule is CC[N+](C)(CC)CCNc1ccc(N)cc1. The maximum absolute atomic E-state index is 5.64. The highest BCUT2D eigenvalue weighted by Crippen LogP contribution is 2.10. The van der Waals surface area contributed by atoms with E-state index in [9.17, 15) is 0 Å². The van der Waals surface area contributed by atoms with E-state index in [1.165, 1.54) is 13.1 Å². The predicted molar refractivity (Wildman–Crippen MR) is 71.5 cm³/mol. The molecule has 0 unspecified atom stereocenters. The van der Waals surface area contributed by atoms with E-state index in [0.29, 0.717) is 0 Å². The number of quaternary nitrogens is 1. The predicted octanol–water partition coefficient (Wildman–Crippen LogP) is 2.17. The topological polar surface area (TPSA) is 38.0 Å². The fourth-order valence-corrected chi connectivity index (χ4v) is 1.61. The quantitative estimate of drug-likeness (QED) is 0.572. The van der Waals surface area contributed by atoms with Crippen molar-refractivity contribution >= 4 is 11.4 Å². The van der Waals surface area contributed by atoms with E-state index in [1.807, 2.05) is 24.3 Å². The third-order valence-corrected chi connectivity index (χ3v) is 3.42. The van der Waals surface area contributed by atoms with E-state index in [-0.39, 0.29) is 0 Å². The Labute approximate surface area is 98.8 Å². The zero-order valence-corrected chi connectivity index (χ0v) is 10.7. The second-order valence-corrected chi connectivity index (χ2v) is 4.52. The number of benzene rings is 1. The number of hydrogen-bond acceptors (Lipinski definition) is 2. The van der Waals surface area contributed by atoms with Gasteiger partial charge in [-0.3, -0.25) is 0 Å². The van der Waals surface area contributed by atoms with E-state index in [0.717, 1.165) is 28.9 Å². The van der Waals surface area contributed by atoms with Gasteiger partial charge in [-0.25, -0.2) is 0 Å². The third kappa shape index (κ3) is 3.74. The summed E-state index contributed by atoms with van der Waals surface area (Å²) < 4.78 is 1.11. The smallest absolute Gasteiger partial charge is 0.0959 e. The molecule has 0 aliphatic carbocycles. The molecule has 3 N–H and O–H groups in total. The molecule has 3 nitrogen and oxygen atoms in total. The minimum absolute atomic E-state index is 0.813. The summed E-state index contributed by atoms with van der Waals surface area (Å²) in [6.07, 6.45) is 0. The zero-order chi connectivity index (χ0) is 12.0. The van der Waals surface area contributed by atoms with Crippen LogP contribution in [0.2, 0.25) is 0 Å². The van der Waals surface area contributed by atoms with Crippen molar-refractivity contribution in [3.63, 3.8) is 0 Å². The molecule has 0 aliphatic heterocycles. The van der Waals surface area contributed by atoms with Crippen molar-refractivity contribution < 1.29 is 4.48 Å². The number of nitrogens with two attached hydrogens (primary N) is 1. The van der Waals surface area contributed by atoms with Gasteiger partial charge in [0.25, 0.3) is 0 Å². The average molecular weight is 222 g/mol. The van der Waals surface area contributed by atoms with Gasteiger partial charge in [0.1, 0.15) is 0 Å². The largest absolute Gasteiger partial charge is 0.399 e. The molecule has 3 heteroatoms. The van der Waals surface area contributed by atoms with Crippen LogP contribution in [-0.2, 0) is 0 Å². The first-order chi connectivity index (χ1) is 7.59. The summed E-state index contributed by atoms with van der Waals surface area (Å²) >= 11 is 0. The molecule has 1 aromatic carbocycles. The molecule has 0 saturated heterocycles. The minimum atomic E-state index is 0.813. The Morgan fingerprint density at radius 2 is 1.69 bits per heavy atom. The van der Waals surface area contributed by atoms with Gasteiger partial charge >= 0.3 is 0 Å². The Balaban J connectivity index is 2.38. The summed E-state index contributed by atoms with van der Waals surface area (Å²) in [5.74, 6) is 0. The van der Waals surface area contributed by atoms with Crippen molar-refractivity contribution in [1.82, 2.24) is 0 Å². The van der Waals surface area contributed by atoms with Gasteiger partial charge in [-0.15, -0.1) is 0 Å². The summed E-state index contributed by atoms with van der Waals surface area (Å²) in [6.45, 7) is 9.00. The number of likely N-dealkylation sites (N-methyl/N-ethyl adjacent to an activating group) is 1. The van der Waals surface area contributed by atoms with Crippen molar-refractivity contribution in [1.29, 1.82) is 0 Å². The third-order valence-electron chi connectivity index (χ3n) is 3.42. The Morgan fingerprint density at radius 1 is 1.12 bits per heavy atom. The fraction of sp³-hybridized carbons (Fsp3) is 0.538. The number of nitrogens with one attached hydrogen (secondary N) is 1. The van der Waals surface area contributed by atoms with Crippen LogP contribution in [0.25, 0.3) is 0 Å². The molecule has 0 amide bonds. The molecule has 1 aromatic rings. The molecule has 16 heavy (non-hydrogen) atoms. The maximum atomic E-state index is 5.64. The normalized spacial score (nSPS) is 11.4. The lowest BCUT2D eigenvalue weighted by Crippen LogP contribution is -2.46. The molecule has 0 spiro atoms. The maximum Gasteiger partial charge on any atom is 0.0959 e. The number of nitrogen functional groups attached to an aromatic ring is 1. The molecular weight excluding hydrogens is 198 g/mol. The lowest BCUT2D eigenvalue weighted by Gasteiger charge is -2.32. The Bertz CT molecular complexity index is 301. The van der Waals surface area contributed by atoms with Gasteiger partial charge in [0.05, 0.1) is 33.2 Å². The summed E-state index contributed by atoms with van der Waals surface area (Å²) in [6, 6.07) is 7.90. The van der Waals surface area contributed by atoms with E-state index < -0.39 is 0 Å². The van der Waals surface area contributed by atoms with Gasteiger partial charge in [-0.1, -0.05) is 0 Å². The van der Waals surface area contributed by atoms with Crippen LogP contribution in [0.3, 0.4) is 0 Å². The molecule has 90 valence electrons. The van der Waals surface area contributed by atoms with Crippen LogP contribution < -0.4 is 11.1 Å². The van der Waals surface area contributed by atoms with Crippen LogP contribution in [0.1, 0.15) is 13.8 Å². The standard InChI is InChI=1S/C13H24N3/c1-4-16(3,5-2)11-10-15-13-8-6-12(14)7-9-13/h6-9,15H,4-5,10-11,14H2,1-3H3/q+1. The highest BCUT2D eigenvalue weighted by Gasteiger charge is 2.14. The number of anilines is 2. The average Bonchev–Trinajstić information content (AvgIpc) is 2.31. The monoisotopic (exact) mass is 222 g/mol. The molecular formula is C13H24N3+. The van der Waals surface area contributed by atoms with Crippen LogP contribution in [0.15, 0.2) is 24.3 Å². The number of rotatable bonds is 6. The molecule has 0 aliphatic rings. The van der Waals surface area contributed by atoms with Crippen molar-refractivity contribution in [3.05, 3.63) is 24.3 Å². The second-order valence-electron chi connectivity index (χ2n) is 4.52. The van der Waals surface area contributed by atoms with E-state index in [2.05, 4.69) is 26.2 Å². The Hall–Kier alpha value is -1.22. The molecule has 0 aromatic heterocycles. The van der Waals surface area contributed by atoms with Crippen molar-refractivity contribution in [2.75, 3.05) is 44.3 Å². The highest BCUT2D eigenvalue weighted by molar-refractivity contribution is 5.51. The fourth-order valence-electron chi connectivity index (χ4n) is 1.61. The Morgan fingerprint density at radius 3 is 2.19 bits per heavy atom. The molecule has 0 saturated carbocycles. The van der Waals surface area contributed by atoms with Crippen molar-refractivity contribution in [2.45, 2.75) is 13.8 Å². The first-order valence-electron chi connectivity index (χ1n) is 6.02. The number of hydrogen-bond donors (Lipinski definition) is 2. The van der Waals surface area contributed by atoms with Gasteiger partial charge in [0.2, 0.25) is 0 Å².